The maximum atomic E-state index is 12.0. The second-order valence-electron chi connectivity index (χ2n) is 5.24. The molecule has 0 spiro atoms. The molecule has 0 aliphatic rings. The monoisotopic (exact) mass is 355 g/mol. The first-order valence-corrected chi connectivity index (χ1v) is 8.85. The fourth-order valence-electron chi connectivity index (χ4n) is 2.25. The Morgan fingerprint density at radius 1 is 1.38 bits per heavy atom. The summed E-state index contributed by atoms with van der Waals surface area (Å²) in [7, 11) is -4.64. The van der Waals surface area contributed by atoms with Crippen molar-refractivity contribution in [3.05, 3.63) is 36.1 Å². The van der Waals surface area contributed by atoms with Crippen molar-refractivity contribution in [3.8, 4) is 0 Å². The first-order chi connectivity index (χ1) is 11.3. The summed E-state index contributed by atoms with van der Waals surface area (Å²) in [6.45, 7) is 0. The molecule has 3 N–H and O–H groups in total. The average molecular weight is 355 g/mol. The molecule has 0 saturated heterocycles. The number of rotatable bonds is 8. The molecule has 0 unspecified atom stereocenters. The number of hydrogen-bond donors (Lipinski definition) is 3. The van der Waals surface area contributed by atoms with E-state index in [9.17, 15) is 23.3 Å². The number of methoxy groups -OCH3 is 1. The molecule has 0 amide bonds. The van der Waals surface area contributed by atoms with Crippen molar-refractivity contribution in [1.82, 2.24) is 4.72 Å². The predicted octanol–water partition coefficient (Wildman–Crippen LogP) is -0.162. The van der Waals surface area contributed by atoms with E-state index in [0.717, 1.165) is 12.5 Å². The number of esters is 1. The van der Waals surface area contributed by atoms with Crippen LogP contribution >= 0.6 is 0 Å². The van der Waals surface area contributed by atoms with Crippen molar-refractivity contribution in [1.29, 1.82) is 0 Å². The molecule has 8 nitrogen and oxygen atoms in total. The van der Waals surface area contributed by atoms with Gasteiger partial charge in [-0.25, -0.2) is 13.1 Å². The lowest BCUT2D eigenvalue weighted by molar-refractivity contribution is -0.140. The number of nitrogens with one attached hydrogen (secondary N) is 1. The van der Waals surface area contributed by atoms with Gasteiger partial charge in [0.1, 0.15) is 5.58 Å². The summed E-state index contributed by atoms with van der Waals surface area (Å²) in [6, 6.07) is 7.14. The van der Waals surface area contributed by atoms with Crippen molar-refractivity contribution >= 4 is 34.1 Å². The van der Waals surface area contributed by atoms with E-state index in [4.69, 9.17) is 4.42 Å². The summed E-state index contributed by atoms with van der Waals surface area (Å²) in [5.41, 5.74) is 1.26. The van der Waals surface area contributed by atoms with E-state index in [1.165, 1.54) is 6.26 Å². The molecule has 2 rings (SSSR count). The molecule has 0 radical (unpaired) electrons. The van der Waals surface area contributed by atoms with Gasteiger partial charge in [-0.2, -0.15) is 0 Å². The van der Waals surface area contributed by atoms with E-state index in [-0.39, 0.29) is 12.8 Å². The number of fused-ring (bicyclic) bond motifs is 1. The van der Waals surface area contributed by atoms with Crippen LogP contribution < -0.4 is 4.72 Å². The zero-order valence-electron chi connectivity index (χ0n) is 13.0. The van der Waals surface area contributed by atoms with Crippen molar-refractivity contribution in [2.24, 2.45) is 0 Å². The Labute approximate surface area is 139 Å². The molecule has 1 aromatic carbocycles. The van der Waals surface area contributed by atoms with Crippen LogP contribution in [0.1, 0.15) is 12.0 Å². The summed E-state index contributed by atoms with van der Waals surface area (Å²) in [5, 5.41) is 19.7. The Balaban J connectivity index is 2.11. The van der Waals surface area contributed by atoms with E-state index in [1.807, 2.05) is 0 Å². The number of hydrogen-bond acceptors (Lipinski definition) is 7. The molecule has 2 aromatic rings. The smallest absolute Gasteiger partial charge is 0.469 e. The van der Waals surface area contributed by atoms with Crippen LogP contribution in [0.4, 0.5) is 0 Å². The van der Waals surface area contributed by atoms with Gasteiger partial charge in [0, 0.05) is 5.39 Å². The predicted molar refractivity (Wildman–Crippen MR) is 87.5 cm³/mol. The molecule has 0 aliphatic carbocycles. The molecule has 0 bridgehead atoms. The molecule has 0 aliphatic heterocycles. The average Bonchev–Trinajstić information content (AvgIpc) is 2.95. The molecule has 24 heavy (non-hydrogen) atoms. The van der Waals surface area contributed by atoms with Crippen molar-refractivity contribution in [2.75, 3.05) is 12.9 Å². The standard InChI is InChI=1S/C14H18BNO7S/c1-22-14(17)6-7-24(20,21)16-13(15(18)19)8-10-9-23-12-5-3-2-4-11(10)12/h2-5,9,13,16,18-19H,6-8H2,1H3/t13-/m0/s1. The molecule has 1 atom stereocenters. The highest BCUT2D eigenvalue weighted by atomic mass is 32.2. The molecule has 10 heteroatoms. The maximum Gasteiger partial charge on any atom is 0.471 e. The van der Waals surface area contributed by atoms with Gasteiger partial charge in [0.05, 0.1) is 31.5 Å². The molecule has 1 heterocycles. The van der Waals surface area contributed by atoms with Crippen molar-refractivity contribution < 1.29 is 32.4 Å². The Morgan fingerprint density at radius 3 is 2.75 bits per heavy atom. The Hall–Kier alpha value is -1.88. The maximum absolute atomic E-state index is 12.0. The van der Waals surface area contributed by atoms with Crippen LogP contribution in [0.2, 0.25) is 0 Å². The third kappa shape index (κ3) is 4.81. The number of furan rings is 1. The van der Waals surface area contributed by atoms with Crippen LogP contribution in [0, 0.1) is 0 Å². The van der Waals surface area contributed by atoms with Crippen LogP contribution in [0.15, 0.2) is 34.9 Å². The summed E-state index contributed by atoms with van der Waals surface area (Å²) < 4.78 is 35.9. The zero-order valence-corrected chi connectivity index (χ0v) is 13.8. The van der Waals surface area contributed by atoms with Gasteiger partial charge >= 0.3 is 13.1 Å². The topological polar surface area (TPSA) is 126 Å². The van der Waals surface area contributed by atoms with Gasteiger partial charge in [-0.3, -0.25) is 4.79 Å². The number of para-hydroxylation sites is 1. The minimum absolute atomic E-state index is 0.0200. The molecule has 1 aromatic heterocycles. The van der Waals surface area contributed by atoms with E-state index in [2.05, 4.69) is 9.46 Å². The SMILES string of the molecule is COC(=O)CCS(=O)(=O)N[C@@H](Cc1coc2ccccc12)B(O)O. The van der Waals surface area contributed by atoms with Gasteiger partial charge in [-0.1, -0.05) is 18.2 Å². The highest BCUT2D eigenvalue weighted by Crippen LogP contribution is 2.22. The Bertz CT molecular complexity index is 802. The second kappa shape index (κ2) is 7.80. The van der Waals surface area contributed by atoms with Crippen LogP contribution in [0.25, 0.3) is 11.0 Å². The number of benzene rings is 1. The third-order valence-electron chi connectivity index (χ3n) is 3.49. The molecular formula is C14H18BNO7S. The van der Waals surface area contributed by atoms with Crippen LogP contribution in [-0.4, -0.2) is 50.4 Å². The number of sulfonamides is 1. The van der Waals surface area contributed by atoms with Crippen LogP contribution in [0.5, 0.6) is 0 Å². The fourth-order valence-corrected chi connectivity index (χ4v) is 3.46. The minimum atomic E-state index is -3.89. The van der Waals surface area contributed by atoms with Crippen molar-refractivity contribution in [3.63, 3.8) is 0 Å². The zero-order chi connectivity index (χ0) is 17.7. The summed E-state index contributed by atoms with van der Waals surface area (Å²) in [4.78, 5) is 11.1. The molecule has 130 valence electrons. The molecule has 0 saturated carbocycles. The summed E-state index contributed by atoms with van der Waals surface area (Å²) in [6.07, 6.45) is 1.14. The number of carbonyl (C=O) groups excluding carboxylic acids is 1. The second-order valence-corrected chi connectivity index (χ2v) is 7.12. The van der Waals surface area contributed by atoms with Gasteiger partial charge in [-0.15, -0.1) is 0 Å². The van der Waals surface area contributed by atoms with E-state index < -0.39 is 34.8 Å². The van der Waals surface area contributed by atoms with Crippen LogP contribution in [0.3, 0.4) is 0 Å². The number of carbonyl (C=O) groups is 1. The van der Waals surface area contributed by atoms with Crippen LogP contribution in [-0.2, 0) is 26.0 Å². The Kier molecular flexibility index (Phi) is 6.00. The molecular weight excluding hydrogens is 337 g/mol. The summed E-state index contributed by atoms with van der Waals surface area (Å²) in [5.74, 6) is -2.34. The third-order valence-corrected chi connectivity index (χ3v) is 4.90. The molecule has 0 fully saturated rings. The van der Waals surface area contributed by atoms with E-state index in [0.29, 0.717) is 11.1 Å². The fraction of sp³-hybridized carbons (Fsp3) is 0.357. The van der Waals surface area contributed by atoms with Gasteiger partial charge in [0.2, 0.25) is 10.0 Å². The highest BCUT2D eigenvalue weighted by molar-refractivity contribution is 7.89. The minimum Gasteiger partial charge on any atom is -0.469 e. The lowest BCUT2D eigenvalue weighted by atomic mass is 9.77. The normalized spacial score (nSPS) is 13.0. The highest BCUT2D eigenvalue weighted by Gasteiger charge is 2.29. The van der Waals surface area contributed by atoms with Gasteiger partial charge < -0.3 is 19.2 Å². The van der Waals surface area contributed by atoms with E-state index in [1.54, 1.807) is 24.3 Å². The lowest BCUT2D eigenvalue weighted by Crippen LogP contribution is -2.48. The van der Waals surface area contributed by atoms with E-state index >= 15 is 0 Å². The largest absolute Gasteiger partial charge is 0.471 e. The van der Waals surface area contributed by atoms with Gasteiger partial charge in [-0.05, 0) is 18.1 Å². The quantitative estimate of drug-likeness (QED) is 0.444. The lowest BCUT2D eigenvalue weighted by Gasteiger charge is -2.17. The first-order valence-electron chi connectivity index (χ1n) is 7.20. The first kappa shape index (κ1) is 18.5. The van der Waals surface area contributed by atoms with Gasteiger partial charge in [0.15, 0.2) is 0 Å². The van der Waals surface area contributed by atoms with Gasteiger partial charge in [0.25, 0.3) is 0 Å². The summed E-state index contributed by atoms with van der Waals surface area (Å²) >= 11 is 0. The number of ether oxygens (including phenoxy) is 1. The van der Waals surface area contributed by atoms with Crippen molar-refractivity contribution in [2.45, 2.75) is 18.8 Å². The Morgan fingerprint density at radius 2 is 2.08 bits per heavy atom.